The highest BCUT2D eigenvalue weighted by atomic mass is 35.5. The number of pyridine rings is 1. The minimum Gasteiger partial charge on any atom is -0.495 e. The average molecular weight is 433 g/mol. The van der Waals surface area contributed by atoms with Crippen molar-refractivity contribution in [3.8, 4) is 22.8 Å². The number of hydrogen-bond acceptors (Lipinski definition) is 4. The molecule has 1 N–H and O–H groups in total. The Hall–Kier alpha value is -3.57. The van der Waals surface area contributed by atoms with Gasteiger partial charge < -0.3 is 14.8 Å². The molecule has 5 nitrogen and oxygen atoms in total. The van der Waals surface area contributed by atoms with Crippen LogP contribution in [0.5, 0.6) is 11.5 Å². The highest BCUT2D eigenvalue weighted by Gasteiger charge is 2.17. The number of methoxy groups -OCH3 is 2. The standard InChI is InChI=1S/C25H21ClN2O3/c1-15-7-6-8-16(11-15)21-12-18(17-9-4-5-10-20(17)27-21)25(29)28-22-14-23(30-2)19(26)13-24(22)31-3/h4-14H,1-3H3,(H,28,29). The first-order chi connectivity index (χ1) is 15.0. The van der Waals surface area contributed by atoms with E-state index in [2.05, 4.69) is 5.32 Å². The van der Waals surface area contributed by atoms with Gasteiger partial charge in [-0.2, -0.15) is 0 Å². The molecule has 0 aliphatic heterocycles. The third-order valence-corrected chi connectivity index (χ3v) is 5.29. The molecule has 31 heavy (non-hydrogen) atoms. The van der Waals surface area contributed by atoms with E-state index in [-0.39, 0.29) is 5.91 Å². The second kappa shape index (κ2) is 8.66. The number of fused-ring (bicyclic) bond motifs is 1. The van der Waals surface area contributed by atoms with E-state index >= 15 is 0 Å². The van der Waals surface area contributed by atoms with Gasteiger partial charge in [0.05, 0.1) is 41.7 Å². The SMILES string of the molecule is COc1cc(NC(=O)c2cc(-c3cccc(C)c3)nc3ccccc23)c(OC)cc1Cl. The molecule has 0 aliphatic rings. The summed E-state index contributed by atoms with van der Waals surface area (Å²) in [7, 11) is 3.04. The number of rotatable bonds is 5. The lowest BCUT2D eigenvalue weighted by molar-refractivity contribution is 0.102. The van der Waals surface area contributed by atoms with Crippen LogP contribution in [0.15, 0.2) is 66.7 Å². The second-order valence-corrected chi connectivity index (χ2v) is 7.49. The lowest BCUT2D eigenvalue weighted by atomic mass is 10.0. The Balaban J connectivity index is 1.81. The van der Waals surface area contributed by atoms with Gasteiger partial charge in [0.2, 0.25) is 0 Å². The number of para-hydroxylation sites is 1. The molecular formula is C25H21ClN2O3. The van der Waals surface area contributed by atoms with E-state index in [1.807, 2.05) is 61.5 Å². The van der Waals surface area contributed by atoms with E-state index in [1.165, 1.54) is 14.2 Å². The third-order valence-electron chi connectivity index (χ3n) is 5.00. The molecule has 0 bridgehead atoms. The van der Waals surface area contributed by atoms with Crippen LogP contribution in [0.25, 0.3) is 22.2 Å². The molecule has 156 valence electrons. The lowest BCUT2D eigenvalue weighted by Gasteiger charge is -2.15. The van der Waals surface area contributed by atoms with Gasteiger partial charge in [0.25, 0.3) is 5.91 Å². The number of aromatic nitrogens is 1. The van der Waals surface area contributed by atoms with Crippen LogP contribution >= 0.6 is 11.6 Å². The third kappa shape index (κ3) is 4.18. The Kier molecular flexibility index (Phi) is 5.78. The summed E-state index contributed by atoms with van der Waals surface area (Å²) < 4.78 is 10.7. The quantitative estimate of drug-likeness (QED) is 0.412. The van der Waals surface area contributed by atoms with Gasteiger partial charge in [-0.15, -0.1) is 0 Å². The molecule has 0 aliphatic carbocycles. The Morgan fingerprint density at radius 2 is 1.71 bits per heavy atom. The maximum Gasteiger partial charge on any atom is 0.256 e. The van der Waals surface area contributed by atoms with Crippen molar-refractivity contribution in [2.24, 2.45) is 0 Å². The van der Waals surface area contributed by atoms with Crippen molar-refractivity contribution >= 4 is 34.1 Å². The van der Waals surface area contributed by atoms with Crippen molar-refractivity contribution < 1.29 is 14.3 Å². The smallest absolute Gasteiger partial charge is 0.256 e. The highest BCUT2D eigenvalue weighted by molar-refractivity contribution is 6.32. The van der Waals surface area contributed by atoms with Crippen LogP contribution in [0.1, 0.15) is 15.9 Å². The zero-order valence-corrected chi connectivity index (χ0v) is 18.2. The molecule has 0 fully saturated rings. The minimum atomic E-state index is -0.282. The average Bonchev–Trinajstić information content (AvgIpc) is 2.79. The molecule has 1 amide bonds. The second-order valence-electron chi connectivity index (χ2n) is 7.08. The van der Waals surface area contributed by atoms with Gasteiger partial charge in [0.15, 0.2) is 0 Å². The fourth-order valence-electron chi connectivity index (χ4n) is 3.46. The number of carbonyl (C=O) groups is 1. The number of anilines is 1. The summed E-state index contributed by atoms with van der Waals surface area (Å²) in [5.41, 5.74) is 4.52. The van der Waals surface area contributed by atoms with Crippen LogP contribution in [-0.4, -0.2) is 25.1 Å². The largest absolute Gasteiger partial charge is 0.495 e. The molecule has 0 unspecified atom stereocenters. The molecule has 0 atom stereocenters. The molecule has 4 rings (SSSR count). The molecule has 1 aromatic heterocycles. The van der Waals surface area contributed by atoms with Crippen LogP contribution in [0.4, 0.5) is 5.69 Å². The number of benzene rings is 3. The molecule has 3 aromatic carbocycles. The van der Waals surface area contributed by atoms with Gasteiger partial charge in [-0.1, -0.05) is 53.6 Å². The predicted molar refractivity (Wildman–Crippen MR) is 124 cm³/mol. The Bertz CT molecular complexity index is 1290. The number of aryl methyl sites for hydroxylation is 1. The van der Waals surface area contributed by atoms with E-state index in [4.69, 9.17) is 26.1 Å². The molecule has 0 saturated heterocycles. The number of ether oxygens (including phenoxy) is 2. The number of halogens is 1. The van der Waals surface area contributed by atoms with Gasteiger partial charge in [-0.05, 0) is 25.1 Å². The van der Waals surface area contributed by atoms with Gasteiger partial charge in [-0.25, -0.2) is 4.98 Å². The van der Waals surface area contributed by atoms with E-state index in [0.717, 1.165) is 27.7 Å². The number of carbonyl (C=O) groups excluding carboxylic acids is 1. The summed E-state index contributed by atoms with van der Waals surface area (Å²) in [4.78, 5) is 18.1. The number of amides is 1. The Morgan fingerprint density at radius 1 is 0.935 bits per heavy atom. The van der Waals surface area contributed by atoms with Crippen molar-refractivity contribution in [3.63, 3.8) is 0 Å². The monoisotopic (exact) mass is 432 g/mol. The Labute approximate surface area is 185 Å². The Morgan fingerprint density at radius 3 is 2.45 bits per heavy atom. The maximum absolute atomic E-state index is 13.4. The first-order valence-corrected chi connectivity index (χ1v) is 10.1. The van der Waals surface area contributed by atoms with E-state index < -0.39 is 0 Å². The van der Waals surface area contributed by atoms with Gasteiger partial charge in [-0.3, -0.25) is 4.79 Å². The number of hydrogen-bond donors (Lipinski definition) is 1. The van der Waals surface area contributed by atoms with E-state index in [0.29, 0.717) is 27.8 Å². The molecular weight excluding hydrogens is 412 g/mol. The van der Waals surface area contributed by atoms with Crippen molar-refractivity contribution in [2.45, 2.75) is 6.92 Å². The topological polar surface area (TPSA) is 60.5 Å². The highest BCUT2D eigenvalue weighted by Crippen LogP contribution is 2.36. The summed E-state index contributed by atoms with van der Waals surface area (Å²) in [6, 6.07) is 20.7. The summed E-state index contributed by atoms with van der Waals surface area (Å²) in [5, 5.41) is 4.09. The molecule has 0 spiro atoms. The molecule has 6 heteroatoms. The first-order valence-electron chi connectivity index (χ1n) is 9.70. The zero-order chi connectivity index (χ0) is 22.0. The van der Waals surface area contributed by atoms with Crippen LogP contribution in [0, 0.1) is 6.92 Å². The number of nitrogens with zero attached hydrogens (tertiary/aromatic N) is 1. The van der Waals surface area contributed by atoms with Gasteiger partial charge >= 0.3 is 0 Å². The van der Waals surface area contributed by atoms with Crippen LogP contribution in [-0.2, 0) is 0 Å². The fourth-order valence-corrected chi connectivity index (χ4v) is 3.69. The minimum absolute atomic E-state index is 0.282. The molecule has 0 radical (unpaired) electrons. The summed E-state index contributed by atoms with van der Waals surface area (Å²) in [6.07, 6.45) is 0. The molecule has 4 aromatic rings. The van der Waals surface area contributed by atoms with Crippen molar-refractivity contribution in [1.82, 2.24) is 4.98 Å². The normalized spacial score (nSPS) is 10.7. The van der Waals surface area contributed by atoms with E-state index in [9.17, 15) is 4.79 Å². The van der Waals surface area contributed by atoms with Crippen LogP contribution in [0.2, 0.25) is 5.02 Å². The summed E-state index contributed by atoms with van der Waals surface area (Å²) >= 11 is 6.19. The maximum atomic E-state index is 13.4. The molecule has 1 heterocycles. The van der Waals surface area contributed by atoms with Crippen molar-refractivity contribution in [2.75, 3.05) is 19.5 Å². The van der Waals surface area contributed by atoms with E-state index in [1.54, 1.807) is 12.1 Å². The van der Waals surface area contributed by atoms with Crippen molar-refractivity contribution in [3.05, 3.63) is 82.9 Å². The first kappa shape index (κ1) is 20.7. The number of nitrogens with one attached hydrogen (secondary N) is 1. The molecule has 0 saturated carbocycles. The van der Waals surface area contributed by atoms with Crippen LogP contribution in [0.3, 0.4) is 0 Å². The fraction of sp³-hybridized carbons (Fsp3) is 0.120. The van der Waals surface area contributed by atoms with Crippen LogP contribution < -0.4 is 14.8 Å². The van der Waals surface area contributed by atoms with Gasteiger partial charge in [0.1, 0.15) is 11.5 Å². The predicted octanol–water partition coefficient (Wildman–Crippen LogP) is 6.13. The van der Waals surface area contributed by atoms with Gasteiger partial charge in [0, 0.05) is 23.1 Å². The summed E-state index contributed by atoms with van der Waals surface area (Å²) in [6.45, 7) is 2.03. The summed E-state index contributed by atoms with van der Waals surface area (Å²) in [5.74, 6) is 0.601. The van der Waals surface area contributed by atoms with Crippen molar-refractivity contribution in [1.29, 1.82) is 0 Å². The lowest BCUT2D eigenvalue weighted by Crippen LogP contribution is -2.14. The zero-order valence-electron chi connectivity index (χ0n) is 17.4.